The van der Waals surface area contributed by atoms with E-state index in [0.717, 1.165) is 5.39 Å². The Labute approximate surface area is 92.2 Å². The summed E-state index contributed by atoms with van der Waals surface area (Å²) >= 11 is 0. The molecule has 0 saturated heterocycles. The number of nitro benzene ring substituents is 1. The Morgan fingerprint density at radius 3 is 2.50 bits per heavy atom. The van der Waals surface area contributed by atoms with Crippen LogP contribution in [-0.2, 0) is 0 Å². The minimum atomic E-state index is -0.464. The Morgan fingerprint density at radius 2 is 1.94 bits per heavy atom. The number of benzene rings is 1. The number of rotatable bonds is 1. The van der Waals surface area contributed by atoms with Gasteiger partial charge in [-0.25, -0.2) is 0 Å². The average Bonchev–Trinajstić information content (AvgIpc) is 2.60. The van der Waals surface area contributed by atoms with Crippen LogP contribution in [0.4, 0.5) is 5.69 Å². The summed E-state index contributed by atoms with van der Waals surface area (Å²) < 4.78 is 4.63. The predicted molar refractivity (Wildman–Crippen MR) is 59.1 cm³/mol. The number of hydrogen-bond acceptors (Lipinski definition) is 4. The molecule has 0 atom stereocenters. The average molecular weight is 220 g/mol. The van der Waals surface area contributed by atoms with Gasteiger partial charge >= 0.3 is 0 Å². The summed E-state index contributed by atoms with van der Waals surface area (Å²) in [4.78, 5) is 9.85. The van der Waals surface area contributed by atoms with Crippen LogP contribution in [0.2, 0.25) is 0 Å². The number of non-ortho nitro benzene ring substituents is 1. The molecule has 84 valence electrons. The minimum absolute atomic E-state index is 0.0244. The van der Waals surface area contributed by atoms with Gasteiger partial charge in [0.2, 0.25) is 0 Å². The molecule has 3 rings (SSSR count). The first-order valence-electron chi connectivity index (χ1n) is 5.26. The van der Waals surface area contributed by atoms with E-state index >= 15 is 0 Å². The molecular formula is C11H12N2O3. The van der Waals surface area contributed by atoms with Crippen molar-refractivity contribution in [2.45, 2.75) is 25.7 Å². The lowest BCUT2D eigenvalue weighted by molar-refractivity contribution is -0.384. The van der Waals surface area contributed by atoms with Gasteiger partial charge in [0.25, 0.3) is 5.69 Å². The van der Waals surface area contributed by atoms with E-state index < -0.39 is 4.92 Å². The van der Waals surface area contributed by atoms with Gasteiger partial charge in [0.1, 0.15) is 11.8 Å². The highest BCUT2D eigenvalue weighted by Gasteiger charge is 2.07. The van der Waals surface area contributed by atoms with Gasteiger partial charge in [-0.3, -0.25) is 10.1 Å². The van der Waals surface area contributed by atoms with Gasteiger partial charge in [0.15, 0.2) is 0 Å². The molecule has 1 aliphatic rings. The third-order valence-electron chi connectivity index (χ3n) is 2.56. The number of nitro groups is 1. The molecule has 2 aromatic rings. The quantitative estimate of drug-likeness (QED) is 0.546. The minimum Gasteiger partial charge on any atom is -0.364 e. The van der Waals surface area contributed by atoms with Crippen molar-refractivity contribution in [3.63, 3.8) is 0 Å². The number of nitrogens with zero attached hydrogens (tertiary/aromatic N) is 2. The largest absolute Gasteiger partial charge is 0.364 e. The molecule has 5 nitrogen and oxygen atoms in total. The number of aromatic nitrogens is 1. The molecule has 1 fully saturated rings. The lowest BCUT2D eigenvalue weighted by Gasteiger charge is -2.05. The van der Waals surface area contributed by atoms with Gasteiger partial charge in [-0.15, -0.1) is 0 Å². The zero-order valence-electron chi connectivity index (χ0n) is 8.76. The zero-order chi connectivity index (χ0) is 11.4. The van der Waals surface area contributed by atoms with E-state index in [1.165, 1.54) is 44.1 Å². The first kappa shape index (κ1) is 10.6. The molecule has 5 heteroatoms. The van der Waals surface area contributed by atoms with Crippen LogP contribution in [0.3, 0.4) is 0 Å². The Hall–Kier alpha value is -1.91. The summed E-state index contributed by atoms with van der Waals surface area (Å²) in [5, 5.41) is 14.7. The summed E-state index contributed by atoms with van der Waals surface area (Å²) in [5.41, 5.74) is 0.528. The van der Waals surface area contributed by atoms with Crippen molar-refractivity contribution in [2.24, 2.45) is 0 Å². The van der Waals surface area contributed by atoms with Gasteiger partial charge in [-0.05, 0) is 6.07 Å². The highest BCUT2D eigenvalue weighted by atomic mass is 16.6. The first-order chi connectivity index (χ1) is 7.77. The maximum Gasteiger partial charge on any atom is 0.271 e. The summed E-state index contributed by atoms with van der Waals surface area (Å²) in [6, 6.07) is 4.39. The van der Waals surface area contributed by atoms with Crippen LogP contribution < -0.4 is 0 Å². The fraction of sp³-hybridized carbons (Fsp3) is 0.364. The smallest absolute Gasteiger partial charge is 0.271 e. The maximum absolute atomic E-state index is 10.3. The third-order valence-corrected chi connectivity index (χ3v) is 2.56. The molecule has 0 spiro atoms. The van der Waals surface area contributed by atoms with Crippen molar-refractivity contribution in [2.75, 3.05) is 0 Å². The Morgan fingerprint density at radius 1 is 1.25 bits per heavy atom. The molecule has 1 aliphatic carbocycles. The molecule has 16 heavy (non-hydrogen) atoms. The second-order valence-electron chi connectivity index (χ2n) is 3.73. The standard InChI is InChI=1S/C7H4N2O3.C4H8/c10-9(11)6-2-1-5-4-12-8-7(5)3-6;1-2-4-3-1/h1-4H;1-4H2. The van der Waals surface area contributed by atoms with E-state index in [1.807, 2.05) is 0 Å². The molecule has 1 aromatic carbocycles. The first-order valence-corrected chi connectivity index (χ1v) is 5.26. The highest BCUT2D eigenvalue weighted by molar-refractivity contribution is 5.79. The highest BCUT2D eigenvalue weighted by Crippen LogP contribution is 2.18. The normalized spacial score (nSPS) is 13.8. The van der Waals surface area contributed by atoms with Crippen LogP contribution in [0.5, 0.6) is 0 Å². The SMILES string of the molecule is C1CCC1.O=[N+]([O-])c1ccc2conc2c1. The summed E-state index contributed by atoms with van der Waals surface area (Å²) in [5.74, 6) is 0. The molecule has 1 heterocycles. The Bertz CT molecular complexity index is 485. The summed E-state index contributed by atoms with van der Waals surface area (Å²) in [7, 11) is 0. The molecule has 0 unspecified atom stereocenters. The molecule has 1 aromatic heterocycles. The van der Waals surface area contributed by atoms with Crippen molar-refractivity contribution < 1.29 is 9.45 Å². The molecule has 0 amide bonds. The van der Waals surface area contributed by atoms with Gasteiger partial charge in [0, 0.05) is 17.5 Å². The van der Waals surface area contributed by atoms with Crippen molar-refractivity contribution >= 4 is 16.6 Å². The molecular weight excluding hydrogens is 208 g/mol. The molecule has 0 N–H and O–H groups in total. The van der Waals surface area contributed by atoms with E-state index in [2.05, 4.69) is 9.68 Å². The second-order valence-corrected chi connectivity index (χ2v) is 3.73. The zero-order valence-corrected chi connectivity index (χ0v) is 8.76. The van der Waals surface area contributed by atoms with Crippen LogP contribution in [0.1, 0.15) is 25.7 Å². The molecule has 1 saturated carbocycles. The number of hydrogen-bond donors (Lipinski definition) is 0. The van der Waals surface area contributed by atoms with Gasteiger partial charge < -0.3 is 4.52 Å². The lowest BCUT2D eigenvalue weighted by Crippen LogP contribution is -1.86. The summed E-state index contributed by atoms with van der Waals surface area (Å²) in [6.45, 7) is 0. The van der Waals surface area contributed by atoms with Crippen molar-refractivity contribution in [1.82, 2.24) is 5.16 Å². The van der Waals surface area contributed by atoms with E-state index in [1.54, 1.807) is 6.07 Å². The van der Waals surface area contributed by atoms with Gasteiger partial charge in [-0.2, -0.15) is 0 Å². The molecule has 0 bridgehead atoms. The maximum atomic E-state index is 10.3. The summed E-state index contributed by atoms with van der Waals surface area (Å²) in [6.07, 6.45) is 7.44. The van der Waals surface area contributed by atoms with Crippen LogP contribution >= 0.6 is 0 Å². The number of fused-ring (bicyclic) bond motifs is 1. The fourth-order valence-corrected chi connectivity index (χ4v) is 1.21. The topological polar surface area (TPSA) is 69.2 Å². The van der Waals surface area contributed by atoms with E-state index in [9.17, 15) is 10.1 Å². The fourth-order valence-electron chi connectivity index (χ4n) is 1.21. The molecule has 0 radical (unpaired) electrons. The van der Waals surface area contributed by atoms with Crippen molar-refractivity contribution in [3.8, 4) is 0 Å². The van der Waals surface area contributed by atoms with Crippen LogP contribution in [0, 0.1) is 10.1 Å². The van der Waals surface area contributed by atoms with E-state index in [-0.39, 0.29) is 5.69 Å². The van der Waals surface area contributed by atoms with E-state index in [0.29, 0.717) is 5.52 Å². The third kappa shape index (κ3) is 2.36. The van der Waals surface area contributed by atoms with Crippen LogP contribution in [0.25, 0.3) is 10.9 Å². The Kier molecular flexibility index (Phi) is 3.14. The molecule has 0 aliphatic heterocycles. The van der Waals surface area contributed by atoms with Crippen molar-refractivity contribution in [3.05, 3.63) is 34.6 Å². The lowest BCUT2D eigenvalue weighted by atomic mass is 10.0. The monoisotopic (exact) mass is 220 g/mol. The Balaban J connectivity index is 0.000000203. The van der Waals surface area contributed by atoms with Gasteiger partial charge in [0.05, 0.1) is 4.92 Å². The van der Waals surface area contributed by atoms with Crippen molar-refractivity contribution in [1.29, 1.82) is 0 Å². The van der Waals surface area contributed by atoms with Gasteiger partial charge in [-0.1, -0.05) is 30.8 Å². The van der Waals surface area contributed by atoms with Crippen LogP contribution in [-0.4, -0.2) is 10.1 Å². The second kappa shape index (κ2) is 4.74. The predicted octanol–water partition coefficient (Wildman–Crippen LogP) is 3.30. The van der Waals surface area contributed by atoms with Crippen LogP contribution in [0.15, 0.2) is 29.0 Å². The van der Waals surface area contributed by atoms with E-state index in [4.69, 9.17) is 0 Å².